The van der Waals surface area contributed by atoms with Crippen LogP contribution in [0.3, 0.4) is 0 Å². The quantitative estimate of drug-likeness (QED) is 0.920. The molecule has 106 valence electrons. The SMILES string of the molecule is CC(C)c1cccc(C(C)C)c1-n1ccnc1C(=O)O. The van der Waals surface area contributed by atoms with Gasteiger partial charge in [-0.25, -0.2) is 9.78 Å². The van der Waals surface area contributed by atoms with Crippen molar-refractivity contribution < 1.29 is 9.90 Å². The minimum atomic E-state index is -1.01. The Bertz CT molecular complexity index is 601. The van der Waals surface area contributed by atoms with Gasteiger partial charge in [-0.15, -0.1) is 0 Å². The van der Waals surface area contributed by atoms with Gasteiger partial charge in [-0.05, 0) is 23.0 Å². The van der Waals surface area contributed by atoms with Crippen LogP contribution in [0, 0.1) is 0 Å². The lowest BCUT2D eigenvalue weighted by Gasteiger charge is -2.20. The van der Waals surface area contributed by atoms with Gasteiger partial charge in [0, 0.05) is 12.4 Å². The summed E-state index contributed by atoms with van der Waals surface area (Å²) >= 11 is 0. The Morgan fingerprint density at radius 1 is 1.15 bits per heavy atom. The number of hydrogen-bond acceptors (Lipinski definition) is 2. The number of rotatable bonds is 4. The van der Waals surface area contributed by atoms with Crippen LogP contribution in [-0.2, 0) is 0 Å². The van der Waals surface area contributed by atoms with Crippen molar-refractivity contribution in [1.82, 2.24) is 9.55 Å². The second-order valence-corrected chi connectivity index (χ2v) is 5.52. The molecule has 1 aromatic carbocycles. The molecule has 0 aliphatic carbocycles. The van der Waals surface area contributed by atoms with Crippen LogP contribution in [0.2, 0.25) is 0 Å². The molecule has 0 bridgehead atoms. The van der Waals surface area contributed by atoms with E-state index < -0.39 is 5.97 Å². The van der Waals surface area contributed by atoms with Crippen LogP contribution >= 0.6 is 0 Å². The summed E-state index contributed by atoms with van der Waals surface area (Å²) in [6, 6.07) is 6.14. The predicted molar refractivity (Wildman–Crippen MR) is 78.7 cm³/mol. The van der Waals surface area contributed by atoms with E-state index in [1.54, 1.807) is 10.8 Å². The average Bonchev–Trinajstić information content (AvgIpc) is 2.86. The Hall–Kier alpha value is -2.10. The third-order valence-electron chi connectivity index (χ3n) is 3.42. The lowest BCUT2D eigenvalue weighted by molar-refractivity contribution is 0.0681. The Kier molecular flexibility index (Phi) is 3.93. The highest BCUT2D eigenvalue weighted by Crippen LogP contribution is 2.31. The van der Waals surface area contributed by atoms with E-state index in [9.17, 15) is 9.90 Å². The van der Waals surface area contributed by atoms with E-state index in [2.05, 4.69) is 44.8 Å². The predicted octanol–water partition coefficient (Wildman–Crippen LogP) is 3.82. The zero-order valence-corrected chi connectivity index (χ0v) is 12.3. The van der Waals surface area contributed by atoms with Crippen molar-refractivity contribution in [3.63, 3.8) is 0 Å². The Morgan fingerprint density at radius 3 is 2.15 bits per heavy atom. The molecule has 0 saturated carbocycles. The number of hydrogen-bond donors (Lipinski definition) is 1. The van der Waals surface area contributed by atoms with Crippen molar-refractivity contribution >= 4 is 5.97 Å². The van der Waals surface area contributed by atoms with Crippen LogP contribution in [0.15, 0.2) is 30.6 Å². The largest absolute Gasteiger partial charge is 0.475 e. The summed E-state index contributed by atoms with van der Waals surface area (Å²) in [6.45, 7) is 8.45. The van der Waals surface area contributed by atoms with E-state index in [-0.39, 0.29) is 5.82 Å². The van der Waals surface area contributed by atoms with Crippen molar-refractivity contribution in [2.24, 2.45) is 0 Å². The lowest BCUT2D eigenvalue weighted by Crippen LogP contribution is -2.12. The van der Waals surface area contributed by atoms with Crippen LogP contribution in [0.1, 0.15) is 61.3 Å². The molecule has 0 aliphatic heterocycles. The summed E-state index contributed by atoms with van der Waals surface area (Å²) in [5, 5.41) is 9.29. The summed E-state index contributed by atoms with van der Waals surface area (Å²) in [5.41, 5.74) is 3.22. The maximum atomic E-state index is 11.3. The molecule has 1 aromatic heterocycles. The molecule has 0 atom stereocenters. The molecular formula is C16H20N2O2. The van der Waals surface area contributed by atoms with Crippen molar-refractivity contribution in [1.29, 1.82) is 0 Å². The maximum Gasteiger partial charge on any atom is 0.372 e. The molecule has 4 heteroatoms. The first-order valence-corrected chi connectivity index (χ1v) is 6.83. The molecule has 0 radical (unpaired) electrons. The first-order valence-electron chi connectivity index (χ1n) is 6.83. The third-order valence-corrected chi connectivity index (χ3v) is 3.42. The van der Waals surface area contributed by atoms with E-state index in [0.29, 0.717) is 11.8 Å². The third kappa shape index (κ3) is 2.46. The van der Waals surface area contributed by atoms with Crippen molar-refractivity contribution in [3.05, 3.63) is 47.5 Å². The van der Waals surface area contributed by atoms with Crippen LogP contribution in [0.4, 0.5) is 0 Å². The summed E-state index contributed by atoms with van der Waals surface area (Å²) in [5.74, 6) is -0.330. The zero-order valence-electron chi connectivity index (χ0n) is 12.3. The van der Waals surface area contributed by atoms with Gasteiger partial charge < -0.3 is 5.11 Å². The summed E-state index contributed by atoms with van der Waals surface area (Å²) in [6.07, 6.45) is 3.25. The van der Waals surface area contributed by atoms with Gasteiger partial charge in [-0.2, -0.15) is 0 Å². The van der Waals surface area contributed by atoms with Crippen molar-refractivity contribution in [3.8, 4) is 5.69 Å². The van der Waals surface area contributed by atoms with Crippen molar-refractivity contribution in [2.75, 3.05) is 0 Å². The second kappa shape index (κ2) is 5.49. The molecule has 0 fully saturated rings. The Morgan fingerprint density at radius 2 is 1.70 bits per heavy atom. The second-order valence-electron chi connectivity index (χ2n) is 5.52. The fraction of sp³-hybridized carbons (Fsp3) is 0.375. The van der Waals surface area contributed by atoms with Gasteiger partial charge in [0.25, 0.3) is 0 Å². The molecule has 2 rings (SSSR count). The molecule has 0 aliphatic rings. The number of carboxylic acid groups (broad SMARTS) is 1. The van der Waals surface area contributed by atoms with Gasteiger partial charge in [0.15, 0.2) is 0 Å². The monoisotopic (exact) mass is 272 g/mol. The fourth-order valence-corrected chi connectivity index (χ4v) is 2.43. The van der Waals surface area contributed by atoms with Gasteiger partial charge in [0.05, 0.1) is 5.69 Å². The first-order chi connectivity index (χ1) is 9.43. The molecule has 0 unspecified atom stereocenters. The van der Waals surface area contributed by atoms with Crippen LogP contribution in [0.25, 0.3) is 5.69 Å². The van der Waals surface area contributed by atoms with Gasteiger partial charge >= 0.3 is 5.97 Å². The number of aromatic nitrogens is 2. The summed E-state index contributed by atoms with van der Waals surface area (Å²) in [4.78, 5) is 15.3. The highest BCUT2D eigenvalue weighted by Gasteiger charge is 2.20. The summed E-state index contributed by atoms with van der Waals surface area (Å²) in [7, 11) is 0. The average molecular weight is 272 g/mol. The molecule has 0 saturated heterocycles. The lowest BCUT2D eigenvalue weighted by atomic mass is 9.92. The smallest absolute Gasteiger partial charge is 0.372 e. The number of carboxylic acids is 1. The minimum absolute atomic E-state index is 0.0556. The molecule has 2 aromatic rings. The number of para-hydroxylation sites is 1. The number of nitrogens with zero attached hydrogens (tertiary/aromatic N) is 2. The van der Waals surface area contributed by atoms with Gasteiger partial charge in [0.1, 0.15) is 0 Å². The van der Waals surface area contributed by atoms with Gasteiger partial charge in [-0.1, -0.05) is 45.9 Å². The molecule has 1 N–H and O–H groups in total. The van der Waals surface area contributed by atoms with Crippen molar-refractivity contribution in [2.45, 2.75) is 39.5 Å². The normalized spacial score (nSPS) is 11.3. The Balaban J connectivity index is 2.76. The van der Waals surface area contributed by atoms with Crippen LogP contribution in [0.5, 0.6) is 0 Å². The molecule has 20 heavy (non-hydrogen) atoms. The summed E-state index contributed by atoms with van der Waals surface area (Å²) < 4.78 is 1.69. The fourth-order valence-electron chi connectivity index (χ4n) is 2.43. The maximum absolute atomic E-state index is 11.3. The Labute approximate surface area is 119 Å². The number of imidazole rings is 1. The van der Waals surface area contributed by atoms with E-state index in [0.717, 1.165) is 16.8 Å². The van der Waals surface area contributed by atoms with Gasteiger partial charge in [0.2, 0.25) is 5.82 Å². The number of aromatic carboxylic acids is 1. The zero-order chi connectivity index (χ0) is 14.9. The van der Waals surface area contributed by atoms with Crippen LogP contribution < -0.4 is 0 Å². The standard InChI is InChI=1S/C16H20N2O2/c1-10(2)12-6-5-7-13(11(3)4)14(12)18-9-8-17-15(18)16(19)20/h5-11H,1-4H3,(H,19,20). The molecule has 0 amide bonds. The van der Waals surface area contributed by atoms with E-state index in [1.165, 1.54) is 6.20 Å². The molecule has 0 spiro atoms. The molecule has 1 heterocycles. The first kappa shape index (κ1) is 14.3. The van der Waals surface area contributed by atoms with E-state index >= 15 is 0 Å². The van der Waals surface area contributed by atoms with E-state index in [1.807, 2.05) is 6.07 Å². The minimum Gasteiger partial charge on any atom is -0.475 e. The number of benzene rings is 1. The van der Waals surface area contributed by atoms with Crippen LogP contribution in [-0.4, -0.2) is 20.6 Å². The van der Waals surface area contributed by atoms with E-state index in [4.69, 9.17) is 0 Å². The topological polar surface area (TPSA) is 55.1 Å². The van der Waals surface area contributed by atoms with Gasteiger partial charge in [-0.3, -0.25) is 4.57 Å². The molecule has 4 nitrogen and oxygen atoms in total. The highest BCUT2D eigenvalue weighted by molar-refractivity contribution is 5.84. The molecular weight excluding hydrogens is 252 g/mol. The number of carbonyl (C=O) groups is 1. The highest BCUT2D eigenvalue weighted by atomic mass is 16.4.